The van der Waals surface area contributed by atoms with E-state index in [9.17, 15) is 4.79 Å². The average Bonchev–Trinajstić information content (AvgIpc) is 2.49. The molecule has 1 aromatic heterocycles. The van der Waals surface area contributed by atoms with E-state index >= 15 is 0 Å². The van der Waals surface area contributed by atoms with Crippen molar-refractivity contribution in [2.24, 2.45) is 0 Å². The SMILES string of the molecule is Cc1ccc(CN2CCc3nc(C(C)(C)C)[nH]c(=O)c3C2)c(C)c1. The van der Waals surface area contributed by atoms with Crippen LogP contribution >= 0.6 is 0 Å². The van der Waals surface area contributed by atoms with E-state index in [1.54, 1.807) is 0 Å². The molecule has 0 radical (unpaired) electrons. The standard InChI is InChI=1S/C20H27N3O/c1-13-6-7-15(14(2)10-13)11-23-9-8-17-16(12-23)18(24)22-19(21-17)20(3,4)5/h6-7,10H,8-9,11-12H2,1-5H3,(H,21,22,24). The number of fused-ring (bicyclic) bond motifs is 1. The molecule has 0 amide bonds. The van der Waals surface area contributed by atoms with Gasteiger partial charge in [0, 0.05) is 31.5 Å². The Morgan fingerprint density at radius 1 is 1.25 bits per heavy atom. The third-order valence-corrected chi connectivity index (χ3v) is 4.75. The molecule has 0 atom stereocenters. The summed E-state index contributed by atoms with van der Waals surface area (Å²) in [7, 11) is 0. The predicted molar refractivity (Wildman–Crippen MR) is 97.3 cm³/mol. The first-order valence-corrected chi connectivity index (χ1v) is 8.65. The lowest BCUT2D eigenvalue weighted by molar-refractivity contribution is 0.240. The van der Waals surface area contributed by atoms with E-state index in [2.05, 4.69) is 62.7 Å². The van der Waals surface area contributed by atoms with Crippen molar-refractivity contribution in [1.82, 2.24) is 14.9 Å². The average molecular weight is 325 g/mol. The van der Waals surface area contributed by atoms with E-state index in [4.69, 9.17) is 4.98 Å². The first-order chi connectivity index (χ1) is 11.2. The summed E-state index contributed by atoms with van der Waals surface area (Å²) in [6.45, 7) is 13.0. The molecule has 0 spiro atoms. The molecule has 0 fully saturated rings. The normalized spacial score (nSPS) is 15.4. The summed E-state index contributed by atoms with van der Waals surface area (Å²) in [6, 6.07) is 6.58. The number of nitrogens with one attached hydrogen (secondary N) is 1. The van der Waals surface area contributed by atoms with Crippen molar-refractivity contribution >= 4 is 0 Å². The lowest BCUT2D eigenvalue weighted by atomic mass is 9.94. The van der Waals surface area contributed by atoms with Crippen LogP contribution in [-0.4, -0.2) is 21.4 Å². The van der Waals surface area contributed by atoms with Crippen LogP contribution < -0.4 is 5.56 Å². The van der Waals surface area contributed by atoms with Gasteiger partial charge in [0.1, 0.15) is 5.82 Å². The number of hydrogen-bond donors (Lipinski definition) is 1. The van der Waals surface area contributed by atoms with Gasteiger partial charge in [-0.1, -0.05) is 44.5 Å². The molecule has 3 rings (SSSR count). The second-order valence-corrected chi connectivity index (χ2v) is 7.98. The highest BCUT2D eigenvalue weighted by Gasteiger charge is 2.24. The Hall–Kier alpha value is -1.94. The maximum atomic E-state index is 12.5. The number of benzene rings is 1. The fraction of sp³-hybridized carbons (Fsp3) is 0.500. The second kappa shape index (κ2) is 6.17. The van der Waals surface area contributed by atoms with Gasteiger partial charge in [0.15, 0.2) is 0 Å². The molecule has 128 valence electrons. The molecule has 1 N–H and O–H groups in total. The van der Waals surface area contributed by atoms with E-state index in [1.807, 2.05) is 0 Å². The summed E-state index contributed by atoms with van der Waals surface area (Å²) in [4.78, 5) is 22.6. The first-order valence-electron chi connectivity index (χ1n) is 8.65. The maximum Gasteiger partial charge on any atom is 0.255 e. The Balaban J connectivity index is 1.83. The minimum absolute atomic E-state index is 0.0234. The van der Waals surface area contributed by atoms with Crippen molar-refractivity contribution in [3.63, 3.8) is 0 Å². The van der Waals surface area contributed by atoms with Crippen molar-refractivity contribution in [3.05, 3.63) is 62.3 Å². The van der Waals surface area contributed by atoms with Crippen LogP contribution in [-0.2, 0) is 24.9 Å². The van der Waals surface area contributed by atoms with E-state index in [0.717, 1.165) is 36.6 Å². The number of hydrogen-bond acceptors (Lipinski definition) is 3. The Kier molecular flexibility index (Phi) is 4.35. The van der Waals surface area contributed by atoms with E-state index in [-0.39, 0.29) is 11.0 Å². The minimum atomic E-state index is -0.135. The van der Waals surface area contributed by atoms with Crippen LogP contribution in [0.4, 0.5) is 0 Å². The van der Waals surface area contributed by atoms with E-state index in [1.165, 1.54) is 16.7 Å². The number of aromatic amines is 1. The number of rotatable bonds is 2. The third kappa shape index (κ3) is 3.44. The quantitative estimate of drug-likeness (QED) is 0.922. The lowest BCUT2D eigenvalue weighted by Crippen LogP contribution is -2.37. The maximum absolute atomic E-state index is 12.5. The molecule has 1 aliphatic heterocycles. The lowest BCUT2D eigenvalue weighted by Gasteiger charge is -2.29. The molecule has 4 heteroatoms. The molecule has 0 saturated carbocycles. The van der Waals surface area contributed by atoms with Crippen molar-refractivity contribution in [2.45, 2.75) is 59.5 Å². The fourth-order valence-corrected chi connectivity index (χ4v) is 3.24. The van der Waals surface area contributed by atoms with Gasteiger partial charge in [-0.25, -0.2) is 4.98 Å². The Labute approximate surface area is 143 Å². The van der Waals surface area contributed by atoms with Gasteiger partial charge in [-0.2, -0.15) is 0 Å². The third-order valence-electron chi connectivity index (χ3n) is 4.75. The van der Waals surface area contributed by atoms with Gasteiger partial charge < -0.3 is 4.98 Å². The molecule has 0 bridgehead atoms. The van der Waals surface area contributed by atoms with Crippen LogP contribution in [0.1, 0.15) is 54.5 Å². The number of aryl methyl sites for hydroxylation is 2. The van der Waals surface area contributed by atoms with Crippen LogP contribution in [0.25, 0.3) is 0 Å². The van der Waals surface area contributed by atoms with Crippen molar-refractivity contribution < 1.29 is 0 Å². The summed E-state index contributed by atoms with van der Waals surface area (Å²) in [5.41, 5.74) is 5.63. The molecule has 0 unspecified atom stereocenters. The Morgan fingerprint density at radius 2 is 2.00 bits per heavy atom. The summed E-state index contributed by atoms with van der Waals surface area (Å²) >= 11 is 0. The summed E-state index contributed by atoms with van der Waals surface area (Å²) < 4.78 is 0. The van der Waals surface area contributed by atoms with Crippen LogP contribution in [0.3, 0.4) is 0 Å². The molecular weight excluding hydrogens is 298 g/mol. The Morgan fingerprint density at radius 3 is 2.67 bits per heavy atom. The van der Waals surface area contributed by atoms with Crippen molar-refractivity contribution in [2.75, 3.05) is 6.54 Å². The van der Waals surface area contributed by atoms with Crippen molar-refractivity contribution in [3.8, 4) is 0 Å². The molecule has 0 aliphatic carbocycles. The largest absolute Gasteiger partial charge is 0.310 e. The molecule has 1 aromatic carbocycles. The van der Waals surface area contributed by atoms with E-state index < -0.39 is 0 Å². The van der Waals surface area contributed by atoms with Crippen LogP contribution in [0.5, 0.6) is 0 Å². The zero-order chi connectivity index (χ0) is 17.5. The van der Waals surface area contributed by atoms with Crippen LogP contribution in [0.2, 0.25) is 0 Å². The monoisotopic (exact) mass is 325 g/mol. The number of nitrogens with zero attached hydrogens (tertiary/aromatic N) is 2. The summed E-state index contributed by atoms with van der Waals surface area (Å²) in [5.74, 6) is 0.786. The van der Waals surface area contributed by atoms with Gasteiger partial charge in [0.05, 0.1) is 11.3 Å². The summed E-state index contributed by atoms with van der Waals surface area (Å²) in [6.07, 6.45) is 0.841. The van der Waals surface area contributed by atoms with Gasteiger partial charge in [-0.3, -0.25) is 9.69 Å². The fourth-order valence-electron chi connectivity index (χ4n) is 3.24. The first kappa shape index (κ1) is 16.9. The smallest absolute Gasteiger partial charge is 0.255 e. The molecule has 1 aliphatic rings. The van der Waals surface area contributed by atoms with Gasteiger partial charge >= 0.3 is 0 Å². The summed E-state index contributed by atoms with van der Waals surface area (Å²) in [5, 5.41) is 0. The molecule has 4 nitrogen and oxygen atoms in total. The van der Waals surface area contributed by atoms with Crippen LogP contribution in [0.15, 0.2) is 23.0 Å². The zero-order valence-electron chi connectivity index (χ0n) is 15.4. The highest BCUT2D eigenvalue weighted by molar-refractivity contribution is 5.31. The molecule has 2 aromatic rings. The molecule has 2 heterocycles. The van der Waals surface area contributed by atoms with Gasteiger partial charge in [-0.15, -0.1) is 0 Å². The van der Waals surface area contributed by atoms with Gasteiger partial charge in [0.25, 0.3) is 5.56 Å². The van der Waals surface area contributed by atoms with Crippen molar-refractivity contribution in [1.29, 1.82) is 0 Å². The van der Waals surface area contributed by atoms with Crippen LogP contribution in [0, 0.1) is 13.8 Å². The minimum Gasteiger partial charge on any atom is -0.310 e. The van der Waals surface area contributed by atoms with Gasteiger partial charge in [-0.05, 0) is 25.0 Å². The highest BCUT2D eigenvalue weighted by atomic mass is 16.1. The predicted octanol–water partition coefficient (Wildman–Crippen LogP) is 3.24. The number of aromatic nitrogens is 2. The molecular formula is C20H27N3O. The molecule has 24 heavy (non-hydrogen) atoms. The van der Waals surface area contributed by atoms with Gasteiger partial charge in [0.2, 0.25) is 0 Å². The highest BCUT2D eigenvalue weighted by Crippen LogP contribution is 2.22. The molecule has 0 saturated heterocycles. The van der Waals surface area contributed by atoms with E-state index in [0.29, 0.717) is 6.54 Å². The Bertz CT molecular complexity index is 815. The topological polar surface area (TPSA) is 49.0 Å². The zero-order valence-corrected chi connectivity index (χ0v) is 15.4. The number of H-pyrrole nitrogens is 1. The second-order valence-electron chi connectivity index (χ2n) is 7.98.